The maximum absolute atomic E-state index is 12.8. The van der Waals surface area contributed by atoms with Gasteiger partial charge in [0.2, 0.25) is 0 Å². The van der Waals surface area contributed by atoms with Crippen molar-refractivity contribution < 1.29 is 23.9 Å². The average Bonchev–Trinajstić information content (AvgIpc) is 3.53. The molecule has 0 saturated heterocycles. The van der Waals surface area contributed by atoms with E-state index in [1.807, 2.05) is 34.3 Å². The molecule has 3 aromatic rings. The van der Waals surface area contributed by atoms with Crippen molar-refractivity contribution in [2.45, 2.75) is 19.9 Å². The monoisotopic (exact) mass is 489 g/mol. The number of urea groups is 1. The molecule has 1 aliphatic rings. The molecule has 4 rings (SSSR count). The summed E-state index contributed by atoms with van der Waals surface area (Å²) >= 11 is 4.19. The summed E-state index contributed by atoms with van der Waals surface area (Å²) in [5.74, 6) is -1.16. The minimum Gasteiger partial charge on any atom is -0.463 e. The van der Waals surface area contributed by atoms with Gasteiger partial charge in [-0.1, -0.05) is 6.07 Å². The van der Waals surface area contributed by atoms with Gasteiger partial charge < -0.3 is 20.1 Å². The second kappa shape index (κ2) is 9.63. The van der Waals surface area contributed by atoms with E-state index in [0.717, 1.165) is 15.4 Å². The number of nitrogens with one attached hydrogen (secondary N) is 2. The molecule has 0 spiro atoms. The number of esters is 2. The lowest BCUT2D eigenvalue weighted by atomic mass is 10.0. The summed E-state index contributed by atoms with van der Waals surface area (Å²) in [4.78, 5) is 43.3. The zero-order valence-electron chi connectivity index (χ0n) is 17.2. The Morgan fingerprint density at radius 3 is 2.72 bits per heavy atom. The first-order chi connectivity index (χ1) is 15.5. The van der Waals surface area contributed by atoms with Gasteiger partial charge in [-0.15, -0.1) is 22.7 Å². The van der Waals surface area contributed by atoms with Crippen LogP contribution in [-0.4, -0.2) is 36.2 Å². The van der Waals surface area contributed by atoms with Crippen LogP contribution in [0, 0.1) is 6.92 Å². The second-order valence-electron chi connectivity index (χ2n) is 6.68. The third-order valence-electron chi connectivity index (χ3n) is 4.57. The first kappa shape index (κ1) is 22.2. The molecular weight excluding hydrogens is 470 g/mol. The molecule has 1 atom stereocenters. The number of thiophene rings is 2. The maximum atomic E-state index is 12.8. The van der Waals surface area contributed by atoms with Gasteiger partial charge in [-0.2, -0.15) is 11.3 Å². The quantitative estimate of drug-likeness (QED) is 0.480. The molecular formula is C21H19N3O5S3. The van der Waals surface area contributed by atoms with Crippen molar-refractivity contribution in [1.82, 2.24) is 15.6 Å². The van der Waals surface area contributed by atoms with Crippen molar-refractivity contribution in [3.63, 3.8) is 0 Å². The number of nitrogens with zero attached hydrogens (tertiary/aromatic N) is 1. The van der Waals surface area contributed by atoms with E-state index in [1.54, 1.807) is 25.2 Å². The summed E-state index contributed by atoms with van der Waals surface area (Å²) in [6.45, 7) is 3.33. The molecule has 11 heteroatoms. The van der Waals surface area contributed by atoms with Crippen LogP contribution >= 0.6 is 34.0 Å². The molecule has 2 N–H and O–H groups in total. The molecule has 0 radical (unpaired) electrons. The van der Waals surface area contributed by atoms with E-state index in [2.05, 4.69) is 15.6 Å². The number of ether oxygens (including phenoxy) is 2. The largest absolute Gasteiger partial charge is 0.463 e. The van der Waals surface area contributed by atoms with Crippen molar-refractivity contribution in [3.8, 4) is 10.6 Å². The number of amides is 2. The molecule has 0 aromatic carbocycles. The Labute approximate surface area is 195 Å². The average molecular weight is 490 g/mol. The van der Waals surface area contributed by atoms with Crippen LogP contribution in [0.25, 0.3) is 10.6 Å². The van der Waals surface area contributed by atoms with Gasteiger partial charge in [0.05, 0.1) is 29.6 Å². The van der Waals surface area contributed by atoms with Crippen LogP contribution in [0.3, 0.4) is 0 Å². The van der Waals surface area contributed by atoms with Crippen molar-refractivity contribution in [2.24, 2.45) is 0 Å². The molecule has 0 fully saturated rings. The van der Waals surface area contributed by atoms with Crippen LogP contribution < -0.4 is 10.6 Å². The van der Waals surface area contributed by atoms with Gasteiger partial charge in [-0.05, 0) is 36.7 Å². The number of hydrogen-bond acceptors (Lipinski definition) is 9. The van der Waals surface area contributed by atoms with E-state index in [1.165, 1.54) is 22.7 Å². The highest BCUT2D eigenvalue weighted by atomic mass is 32.1. The molecule has 3 aromatic heterocycles. The fourth-order valence-corrected chi connectivity index (χ4v) is 5.61. The summed E-state index contributed by atoms with van der Waals surface area (Å²) < 4.78 is 10.7. The Kier molecular flexibility index (Phi) is 6.68. The summed E-state index contributed by atoms with van der Waals surface area (Å²) in [5, 5.41) is 11.8. The topological polar surface area (TPSA) is 107 Å². The Morgan fingerprint density at radius 2 is 2.03 bits per heavy atom. The molecule has 0 aliphatic carbocycles. The number of aryl methyl sites for hydroxylation is 1. The van der Waals surface area contributed by atoms with Gasteiger partial charge in [-0.3, -0.25) is 0 Å². The highest BCUT2D eigenvalue weighted by Gasteiger charge is 2.35. The SMILES string of the molecule is CCOC(=O)C1=C(COC(=O)c2sc(-c3ccsc3)nc2C)NC(=O)NC1c1cccs1. The lowest BCUT2D eigenvalue weighted by molar-refractivity contribution is -0.139. The molecule has 0 saturated carbocycles. The van der Waals surface area contributed by atoms with Crippen LogP contribution in [0.5, 0.6) is 0 Å². The lowest BCUT2D eigenvalue weighted by Gasteiger charge is -2.28. The number of carbonyl (C=O) groups excluding carboxylic acids is 3. The molecule has 32 heavy (non-hydrogen) atoms. The standard InChI is InChI=1S/C21H19N3O5S3/c1-3-28-19(25)15-13(23-21(27)24-16(15)14-5-4-7-31-14)9-29-20(26)17-11(2)22-18(32-17)12-6-8-30-10-12/h4-8,10,16H,3,9H2,1-2H3,(H2,23,24,27). The van der Waals surface area contributed by atoms with Gasteiger partial charge in [0.15, 0.2) is 0 Å². The predicted molar refractivity (Wildman–Crippen MR) is 123 cm³/mol. The summed E-state index contributed by atoms with van der Waals surface area (Å²) in [5.41, 5.74) is 1.91. The Balaban J connectivity index is 1.59. The third-order valence-corrected chi connectivity index (χ3v) is 7.38. The Hall–Kier alpha value is -3.02. The molecule has 1 unspecified atom stereocenters. The fourth-order valence-electron chi connectivity index (χ4n) is 3.15. The second-order valence-corrected chi connectivity index (χ2v) is 9.44. The smallest absolute Gasteiger partial charge is 0.350 e. The van der Waals surface area contributed by atoms with Crippen LogP contribution in [0.2, 0.25) is 0 Å². The van der Waals surface area contributed by atoms with Crippen LogP contribution in [-0.2, 0) is 14.3 Å². The first-order valence-corrected chi connectivity index (χ1v) is 12.3. The van der Waals surface area contributed by atoms with Gasteiger partial charge in [0.1, 0.15) is 16.5 Å². The molecule has 4 heterocycles. The van der Waals surface area contributed by atoms with Gasteiger partial charge in [-0.25, -0.2) is 19.4 Å². The molecule has 166 valence electrons. The number of hydrogen-bond donors (Lipinski definition) is 2. The number of aromatic nitrogens is 1. The van der Waals surface area contributed by atoms with Crippen LogP contribution in [0.4, 0.5) is 4.79 Å². The summed E-state index contributed by atoms with van der Waals surface area (Å²) in [6, 6.07) is 4.40. The zero-order valence-corrected chi connectivity index (χ0v) is 19.6. The lowest BCUT2D eigenvalue weighted by Crippen LogP contribution is -2.46. The van der Waals surface area contributed by atoms with E-state index in [4.69, 9.17) is 9.47 Å². The summed E-state index contributed by atoms with van der Waals surface area (Å²) in [7, 11) is 0. The summed E-state index contributed by atoms with van der Waals surface area (Å²) in [6.07, 6.45) is 0. The Morgan fingerprint density at radius 1 is 1.19 bits per heavy atom. The third kappa shape index (κ3) is 4.59. The number of carbonyl (C=O) groups is 3. The molecule has 1 aliphatic heterocycles. The van der Waals surface area contributed by atoms with Gasteiger partial charge in [0, 0.05) is 15.8 Å². The van der Waals surface area contributed by atoms with Crippen LogP contribution in [0.1, 0.15) is 33.2 Å². The van der Waals surface area contributed by atoms with E-state index in [0.29, 0.717) is 10.6 Å². The van der Waals surface area contributed by atoms with E-state index in [-0.39, 0.29) is 24.5 Å². The highest BCUT2D eigenvalue weighted by molar-refractivity contribution is 7.17. The van der Waals surface area contributed by atoms with E-state index >= 15 is 0 Å². The fraction of sp³-hybridized carbons (Fsp3) is 0.238. The number of rotatable bonds is 7. The predicted octanol–water partition coefficient (Wildman–Crippen LogP) is 4.27. The van der Waals surface area contributed by atoms with E-state index in [9.17, 15) is 14.4 Å². The van der Waals surface area contributed by atoms with Crippen molar-refractivity contribution in [1.29, 1.82) is 0 Å². The van der Waals surface area contributed by atoms with Gasteiger partial charge in [0.25, 0.3) is 0 Å². The van der Waals surface area contributed by atoms with Crippen molar-refractivity contribution in [2.75, 3.05) is 13.2 Å². The minimum absolute atomic E-state index is 0.173. The molecule has 8 nitrogen and oxygen atoms in total. The first-order valence-electron chi connectivity index (χ1n) is 9.66. The van der Waals surface area contributed by atoms with Crippen molar-refractivity contribution in [3.05, 3.63) is 61.1 Å². The maximum Gasteiger partial charge on any atom is 0.350 e. The highest BCUT2D eigenvalue weighted by Crippen LogP contribution is 2.32. The van der Waals surface area contributed by atoms with E-state index < -0.39 is 24.0 Å². The number of thiazole rings is 1. The zero-order chi connectivity index (χ0) is 22.7. The molecule has 2 amide bonds. The van der Waals surface area contributed by atoms with Gasteiger partial charge >= 0.3 is 18.0 Å². The van der Waals surface area contributed by atoms with Crippen molar-refractivity contribution >= 4 is 52.0 Å². The Bertz CT molecular complexity index is 1170. The molecule has 0 bridgehead atoms. The normalized spacial score (nSPS) is 15.8. The van der Waals surface area contributed by atoms with Crippen LogP contribution in [0.15, 0.2) is 45.6 Å². The minimum atomic E-state index is -0.688.